The molecule has 4 amide bonds. The number of hydrogen-bond acceptors (Lipinski definition) is 5. The SMILES string of the molecule is COc1ccc(NC(=O)CN2C(=O)NC3(CCc4ccccc43)C2=O)cc1N. The molecule has 1 atom stereocenters. The lowest BCUT2D eigenvalue weighted by Crippen LogP contribution is -2.43. The third kappa shape index (κ3) is 2.74. The van der Waals surface area contributed by atoms with E-state index < -0.39 is 23.4 Å². The maximum atomic E-state index is 13.1. The number of nitrogens with zero attached hydrogens (tertiary/aromatic N) is 1. The maximum absolute atomic E-state index is 13.1. The molecule has 4 N–H and O–H groups in total. The van der Waals surface area contributed by atoms with E-state index in [1.807, 2.05) is 24.3 Å². The second-order valence-corrected chi connectivity index (χ2v) is 6.89. The number of amides is 4. The number of carbonyl (C=O) groups is 3. The molecule has 0 saturated carbocycles. The molecular weight excluding hydrogens is 360 g/mol. The summed E-state index contributed by atoms with van der Waals surface area (Å²) in [5.41, 5.74) is 7.43. The standard InChI is InChI=1S/C20H20N4O4/c1-28-16-7-6-13(10-15(16)21)22-17(25)11-24-18(26)20(23-19(24)27)9-8-12-4-2-3-5-14(12)20/h2-7,10H,8-9,11,21H2,1H3,(H,22,25)(H,23,27). The number of anilines is 2. The van der Waals surface area contributed by atoms with Gasteiger partial charge in [-0.15, -0.1) is 0 Å². The lowest BCUT2D eigenvalue weighted by molar-refractivity contribution is -0.134. The minimum absolute atomic E-state index is 0.372. The first kappa shape index (κ1) is 17.8. The van der Waals surface area contributed by atoms with E-state index in [0.717, 1.165) is 16.0 Å². The van der Waals surface area contributed by atoms with Crippen molar-refractivity contribution in [1.82, 2.24) is 10.2 Å². The van der Waals surface area contributed by atoms with Crippen molar-refractivity contribution in [3.05, 3.63) is 53.6 Å². The number of nitrogen functional groups attached to an aromatic ring is 1. The van der Waals surface area contributed by atoms with Crippen LogP contribution in [0.4, 0.5) is 16.2 Å². The zero-order valence-corrected chi connectivity index (χ0v) is 15.3. The van der Waals surface area contributed by atoms with Crippen LogP contribution in [0.15, 0.2) is 42.5 Å². The Morgan fingerprint density at radius 1 is 1.29 bits per heavy atom. The number of imide groups is 1. The highest BCUT2D eigenvalue weighted by molar-refractivity contribution is 6.11. The fourth-order valence-electron chi connectivity index (χ4n) is 3.89. The normalized spacial score (nSPS) is 20.2. The number of hydrogen-bond donors (Lipinski definition) is 3. The van der Waals surface area contributed by atoms with Gasteiger partial charge in [-0.2, -0.15) is 0 Å². The van der Waals surface area contributed by atoms with E-state index in [0.29, 0.717) is 30.0 Å². The second-order valence-electron chi connectivity index (χ2n) is 6.89. The van der Waals surface area contributed by atoms with Crippen LogP contribution in [0.25, 0.3) is 0 Å². The average molecular weight is 380 g/mol. The van der Waals surface area contributed by atoms with E-state index in [4.69, 9.17) is 10.5 Å². The summed E-state index contributed by atoms with van der Waals surface area (Å²) in [7, 11) is 1.50. The third-order valence-corrected chi connectivity index (χ3v) is 5.24. The number of fused-ring (bicyclic) bond motifs is 2. The Morgan fingerprint density at radius 3 is 2.82 bits per heavy atom. The predicted molar refractivity (Wildman–Crippen MR) is 103 cm³/mol. The second kappa shape index (κ2) is 6.56. The maximum Gasteiger partial charge on any atom is 0.325 e. The Hall–Kier alpha value is -3.55. The molecular formula is C20H20N4O4. The molecule has 1 saturated heterocycles. The van der Waals surface area contributed by atoms with Gasteiger partial charge in [0, 0.05) is 5.69 Å². The molecule has 1 aliphatic heterocycles. The molecule has 1 unspecified atom stereocenters. The van der Waals surface area contributed by atoms with Crippen molar-refractivity contribution in [2.75, 3.05) is 24.7 Å². The van der Waals surface area contributed by atoms with Gasteiger partial charge < -0.3 is 21.1 Å². The predicted octanol–water partition coefficient (Wildman–Crippen LogP) is 1.61. The summed E-state index contributed by atoms with van der Waals surface area (Å²) in [6.45, 7) is -0.374. The first-order chi connectivity index (χ1) is 13.4. The molecule has 1 aliphatic carbocycles. The number of rotatable bonds is 4. The zero-order valence-electron chi connectivity index (χ0n) is 15.3. The summed E-state index contributed by atoms with van der Waals surface area (Å²) >= 11 is 0. The smallest absolute Gasteiger partial charge is 0.325 e. The molecule has 144 valence electrons. The van der Waals surface area contributed by atoms with Crippen LogP contribution in [-0.4, -0.2) is 36.4 Å². The first-order valence-corrected chi connectivity index (χ1v) is 8.90. The van der Waals surface area contributed by atoms with Crippen LogP contribution >= 0.6 is 0 Å². The van der Waals surface area contributed by atoms with Gasteiger partial charge in [0.25, 0.3) is 5.91 Å². The van der Waals surface area contributed by atoms with E-state index in [2.05, 4.69) is 10.6 Å². The van der Waals surface area contributed by atoms with E-state index >= 15 is 0 Å². The molecule has 1 fully saturated rings. The summed E-state index contributed by atoms with van der Waals surface area (Å²) in [5, 5.41) is 5.45. The largest absolute Gasteiger partial charge is 0.495 e. The molecule has 8 heteroatoms. The minimum atomic E-state index is -1.07. The molecule has 0 radical (unpaired) electrons. The van der Waals surface area contributed by atoms with E-state index in [9.17, 15) is 14.4 Å². The summed E-state index contributed by atoms with van der Waals surface area (Å²) in [6.07, 6.45) is 1.19. The number of methoxy groups -OCH3 is 1. The van der Waals surface area contributed by atoms with Gasteiger partial charge >= 0.3 is 6.03 Å². The molecule has 2 aliphatic rings. The summed E-state index contributed by atoms with van der Waals surface area (Å²) in [4.78, 5) is 38.9. The molecule has 1 heterocycles. The number of aryl methyl sites for hydroxylation is 1. The summed E-state index contributed by atoms with van der Waals surface area (Å²) in [5.74, 6) is -0.391. The molecule has 4 rings (SSSR count). The highest BCUT2D eigenvalue weighted by Gasteiger charge is 2.55. The van der Waals surface area contributed by atoms with E-state index in [1.54, 1.807) is 18.2 Å². The Labute approximate surface area is 161 Å². The van der Waals surface area contributed by atoms with Crippen molar-refractivity contribution in [3.63, 3.8) is 0 Å². The van der Waals surface area contributed by atoms with E-state index in [1.165, 1.54) is 7.11 Å². The fourth-order valence-corrected chi connectivity index (χ4v) is 3.89. The molecule has 0 bridgehead atoms. The van der Waals surface area contributed by atoms with Gasteiger partial charge in [0.2, 0.25) is 5.91 Å². The minimum Gasteiger partial charge on any atom is -0.495 e. The van der Waals surface area contributed by atoms with Crippen molar-refractivity contribution in [1.29, 1.82) is 0 Å². The Balaban J connectivity index is 1.50. The van der Waals surface area contributed by atoms with Gasteiger partial charge in [-0.05, 0) is 42.2 Å². The van der Waals surface area contributed by atoms with Crippen LogP contribution in [0.1, 0.15) is 17.5 Å². The highest BCUT2D eigenvalue weighted by atomic mass is 16.5. The van der Waals surface area contributed by atoms with Crippen molar-refractivity contribution < 1.29 is 19.1 Å². The van der Waals surface area contributed by atoms with Crippen LogP contribution < -0.4 is 21.1 Å². The quantitative estimate of drug-likeness (QED) is 0.551. The van der Waals surface area contributed by atoms with E-state index in [-0.39, 0.29) is 6.54 Å². The monoisotopic (exact) mass is 380 g/mol. The van der Waals surface area contributed by atoms with Gasteiger partial charge in [-0.1, -0.05) is 24.3 Å². The first-order valence-electron chi connectivity index (χ1n) is 8.90. The molecule has 28 heavy (non-hydrogen) atoms. The lowest BCUT2D eigenvalue weighted by Gasteiger charge is -2.22. The van der Waals surface area contributed by atoms with Crippen LogP contribution in [0.5, 0.6) is 5.75 Å². The molecule has 2 aromatic rings. The van der Waals surface area contributed by atoms with Crippen LogP contribution in [-0.2, 0) is 21.5 Å². The van der Waals surface area contributed by atoms with Gasteiger partial charge in [-0.25, -0.2) is 4.79 Å². The van der Waals surface area contributed by atoms with Gasteiger partial charge in [-0.3, -0.25) is 14.5 Å². The van der Waals surface area contributed by atoms with Crippen LogP contribution in [0.2, 0.25) is 0 Å². The molecule has 8 nitrogen and oxygen atoms in total. The molecule has 1 spiro atoms. The average Bonchev–Trinajstić information content (AvgIpc) is 3.16. The number of nitrogens with two attached hydrogens (primary N) is 1. The lowest BCUT2D eigenvalue weighted by atomic mass is 9.92. The Morgan fingerprint density at radius 2 is 2.07 bits per heavy atom. The summed E-state index contributed by atoms with van der Waals surface area (Å²) < 4.78 is 5.08. The topological polar surface area (TPSA) is 114 Å². The zero-order chi connectivity index (χ0) is 19.9. The fraction of sp³-hybridized carbons (Fsp3) is 0.250. The summed E-state index contributed by atoms with van der Waals surface area (Å²) in [6, 6.07) is 11.8. The number of carbonyl (C=O) groups excluding carboxylic acids is 3. The van der Waals surface area contributed by atoms with Gasteiger partial charge in [0.1, 0.15) is 17.8 Å². The van der Waals surface area contributed by atoms with Crippen molar-refractivity contribution in [2.45, 2.75) is 18.4 Å². The highest BCUT2D eigenvalue weighted by Crippen LogP contribution is 2.41. The molecule has 0 aromatic heterocycles. The Bertz CT molecular complexity index is 990. The Kier molecular flexibility index (Phi) is 4.18. The van der Waals surface area contributed by atoms with Crippen molar-refractivity contribution in [2.24, 2.45) is 0 Å². The number of urea groups is 1. The van der Waals surface area contributed by atoms with Gasteiger partial charge in [0.15, 0.2) is 0 Å². The number of ether oxygens (including phenoxy) is 1. The van der Waals surface area contributed by atoms with Gasteiger partial charge in [0.05, 0.1) is 12.8 Å². The van der Waals surface area contributed by atoms with Crippen molar-refractivity contribution in [3.8, 4) is 5.75 Å². The third-order valence-electron chi connectivity index (χ3n) is 5.24. The molecule has 2 aromatic carbocycles. The van der Waals surface area contributed by atoms with Crippen LogP contribution in [0, 0.1) is 0 Å². The number of nitrogens with one attached hydrogen (secondary N) is 2. The number of benzene rings is 2. The van der Waals surface area contributed by atoms with Crippen molar-refractivity contribution >= 4 is 29.2 Å². The van der Waals surface area contributed by atoms with Crippen LogP contribution in [0.3, 0.4) is 0 Å².